The number of hydrogen-bond donors (Lipinski definition) is 0. The second-order valence-electron chi connectivity index (χ2n) is 5.34. The highest BCUT2D eigenvalue weighted by atomic mass is 35.5. The van der Waals surface area contributed by atoms with Gasteiger partial charge in [-0.2, -0.15) is 4.98 Å². The van der Waals surface area contributed by atoms with Gasteiger partial charge >= 0.3 is 0 Å². The molecule has 0 N–H and O–H groups in total. The van der Waals surface area contributed by atoms with E-state index in [1.807, 2.05) is 13.8 Å². The largest absolute Gasteiger partial charge is 0.440 e. The van der Waals surface area contributed by atoms with E-state index < -0.39 is 6.04 Å². The standard InChI is InChI=1S/C14H16ClN3O4/c1-8(2)13-16-12(17-22-13)9-7-20-6-5-18(9)14(19)10-3-4-11(15)21-10/h3-4,8-9H,5-7H2,1-2H3/t9-/m0/s1. The van der Waals surface area contributed by atoms with Gasteiger partial charge in [0.1, 0.15) is 6.04 Å². The van der Waals surface area contributed by atoms with Gasteiger partial charge in [-0.15, -0.1) is 0 Å². The molecule has 1 saturated heterocycles. The Kier molecular flexibility index (Phi) is 4.17. The summed E-state index contributed by atoms with van der Waals surface area (Å²) in [6, 6.07) is 2.68. The molecule has 1 amide bonds. The van der Waals surface area contributed by atoms with E-state index in [0.717, 1.165) is 0 Å². The average Bonchev–Trinajstić information content (AvgIpc) is 3.15. The summed E-state index contributed by atoms with van der Waals surface area (Å²) >= 11 is 5.73. The molecule has 0 aromatic carbocycles. The molecule has 1 aliphatic rings. The molecule has 118 valence electrons. The third-order valence-corrected chi connectivity index (χ3v) is 3.63. The molecular formula is C14H16ClN3O4. The second-order valence-corrected chi connectivity index (χ2v) is 5.71. The van der Waals surface area contributed by atoms with Crippen LogP contribution in [0.25, 0.3) is 0 Å². The number of amides is 1. The maximum absolute atomic E-state index is 12.6. The zero-order chi connectivity index (χ0) is 15.7. The summed E-state index contributed by atoms with van der Waals surface area (Å²) in [4.78, 5) is 18.5. The van der Waals surface area contributed by atoms with E-state index >= 15 is 0 Å². The Morgan fingerprint density at radius 2 is 2.27 bits per heavy atom. The minimum absolute atomic E-state index is 0.124. The zero-order valence-corrected chi connectivity index (χ0v) is 13.0. The number of carbonyl (C=O) groups excluding carboxylic acids is 1. The number of hydrogen-bond acceptors (Lipinski definition) is 6. The number of carbonyl (C=O) groups is 1. The molecule has 1 aliphatic heterocycles. The first-order valence-electron chi connectivity index (χ1n) is 7.04. The first kappa shape index (κ1) is 15.1. The molecular weight excluding hydrogens is 310 g/mol. The van der Waals surface area contributed by atoms with Gasteiger partial charge in [0.15, 0.2) is 16.8 Å². The highest BCUT2D eigenvalue weighted by Crippen LogP contribution is 2.26. The number of ether oxygens (including phenoxy) is 1. The predicted molar refractivity (Wildman–Crippen MR) is 76.7 cm³/mol. The highest BCUT2D eigenvalue weighted by molar-refractivity contribution is 6.29. The zero-order valence-electron chi connectivity index (χ0n) is 12.3. The Balaban J connectivity index is 1.85. The van der Waals surface area contributed by atoms with Crippen molar-refractivity contribution >= 4 is 17.5 Å². The van der Waals surface area contributed by atoms with Crippen LogP contribution in [0.1, 0.15) is 48.1 Å². The van der Waals surface area contributed by atoms with Gasteiger partial charge in [0.25, 0.3) is 5.91 Å². The molecule has 0 aliphatic carbocycles. The van der Waals surface area contributed by atoms with Crippen LogP contribution < -0.4 is 0 Å². The Labute approximate surface area is 132 Å². The third-order valence-electron chi connectivity index (χ3n) is 3.42. The van der Waals surface area contributed by atoms with Crippen LogP contribution >= 0.6 is 11.6 Å². The minimum atomic E-state index is -0.402. The molecule has 2 aromatic rings. The molecule has 0 radical (unpaired) electrons. The van der Waals surface area contributed by atoms with E-state index in [2.05, 4.69) is 10.1 Å². The fraction of sp³-hybridized carbons (Fsp3) is 0.500. The number of morpholine rings is 1. The van der Waals surface area contributed by atoms with Crippen LogP contribution in [0.4, 0.5) is 0 Å². The molecule has 7 nitrogen and oxygen atoms in total. The molecule has 1 atom stereocenters. The Morgan fingerprint density at radius 1 is 1.45 bits per heavy atom. The van der Waals surface area contributed by atoms with Crippen molar-refractivity contribution in [3.63, 3.8) is 0 Å². The summed E-state index contributed by atoms with van der Waals surface area (Å²) in [5.41, 5.74) is 0. The molecule has 1 fully saturated rings. The van der Waals surface area contributed by atoms with E-state index in [0.29, 0.717) is 31.5 Å². The summed E-state index contributed by atoms with van der Waals surface area (Å²) in [6.07, 6.45) is 0. The van der Waals surface area contributed by atoms with E-state index in [9.17, 15) is 4.79 Å². The summed E-state index contributed by atoms with van der Waals surface area (Å²) in [7, 11) is 0. The summed E-state index contributed by atoms with van der Waals surface area (Å²) in [5, 5.41) is 4.15. The highest BCUT2D eigenvalue weighted by Gasteiger charge is 2.34. The average molecular weight is 326 g/mol. The molecule has 0 bridgehead atoms. The Morgan fingerprint density at radius 3 is 2.91 bits per heavy atom. The smallest absolute Gasteiger partial charge is 0.290 e. The van der Waals surface area contributed by atoms with Crippen molar-refractivity contribution in [3.05, 3.63) is 34.8 Å². The van der Waals surface area contributed by atoms with Crippen LogP contribution in [0.15, 0.2) is 21.1 Å². The van der Waals surface area contributed by atoms with Crippen LogP contribution in [-0.4, -0.2) is 40.7 Å². The van der Waals surface area contributed by atoms with Gasteiger partial charge in [-0.3, -0.25) is 4.79 Å². The van der Waals surface area contributed by atoms with Gasteiger partial charge in [0.2, 0.25) is 5.89 Å². The Bertz CT molecular complexity index is 667. The fourth-order valence-corrected chi connectivity index (χ4v) is 2.39. The molecule has 3 heterocycles. The maximum Gasteiger partial charge on any atom is 0.290 e. The van der Waals surface area contributed by atoms with Gasteiger partial charge in [0.05, 0.1) is 13.2 Å². The van der Waals surface area contributed by atoms with E-state index in [1.54, 1.807) is 11.0 Å². The summed E-state index contributed by atoms with van der Waals surface area (Å²) in [5.74, 6) is 1.02. The maximum atomic E-state index is 12.6. The second kappa shape index (κ2) is 6.10. The molecule has 0 spiro atoms. The number of rotatable bonds is 3. The van der Waals surface area contributed by atoms with Gasteiger partial charge in [-0.25, -0.2) is 0 Å². The fourth-order valence-electron chi connectivity index (χ4n) is 2.25. The Hall–Kier alpha value is -1.86. The van der Waals surface area contributed by atoms with Crippen LogP contribution in [0, 0.1) is 0 Å². The lowest BCUT2D eigenvalue weighted by atomic mass is 10.2. The van der Waals surface area contributed by atoms with Gasteiger partial charge < -0.3 is 18.6 Å². The number of furan rings is 1. The first-order chi connectivity index (χ1) is 10.6. The molecule has 8 heteroatoms. The van der Waals surface area contributed by atoms with Gasteiger partial charge in [-0.1, -0.05) is 19.0 Å². The molecule has 22 heavy (non-hydrogen) atoms. The summed E-state index contributed by atoms with van der Waals surface area (Å²) in [6.45, 7) is 5.11. The van der Waals surface area contributed by atoms with Gasteiger partial charge in [0, 0.05) is 12.5 Å². The van der Waals surface area contributed by atoms with Crippen molar-refractivity contribution in [2.24, 2.45) is 0 Å². The van der Waals surface area contributed by atoms with Crippen molar-refractivity contribution in [2.45, 2.75) is 25.8 Å². The van der Waals surface area contributed by atoms with Crippen LogP contribution in [-0.2, 0) is 4.74 Å². The molecule has 2 aromatic heterocycles. The quantitative estimate of drug-likeness (QED) is 0.863. The lowest BCUT2D eigenvalue weighted by Crippen LogP contribution is -2.43. The molecule has 3 rings (SSSR count). The first-order valence-corrected chi connectivity index (χ1v) is 7.41. The van der Waals surface area contributed by atoms with Crippen LogP contribution in [0.2, 0.25) is 5.22 Å². The topological polar surface area (TPSA) is 81.6 Å². The van der Waals surface area contributed by atoms with Crippen molar-refractivity contribution in [1.82, 2.24) is 15.0 Å². The van der Waals surface area contributed by atoms with Crippen molar-refractivity contribution in [1.29, 1.82) is 0 Å². The predicted octanol–water partition coefficient (Wildman–Crippen LogP) is 2.65. The van der Waals surface area contributed by atoms with E-state index in [1.165, 1.54) is 6.07 Å². The van der Waals surface area contributed by atoms with Crippen LogP contribution in [0.5, 0.6) is 0 Å². The van der Waals surface area contributed by atoms with Gasteiger partial charge in [-0.05, 0) is 23.7 Å². The number of halogens is 1. The third kappa shape index (κ3) is 2.86. The van der Waals surface area contributed by atoms with Crippen molar-refractivity contribution < 1.29 is 18.5 Å². The molecule has 0 saturated carbocycles. The lowest BCUT2D eigenvalue weighted by molar-refractivity contribution is -0.00727. The summed E-state index contributed by atoms with van der Waals surface area (Å²) < 4.78 is 15.9. The SMILES string of the molecule is CC(C)c1nc([C@@H]2COCCN2C(=O)c2ccc(Cl)o2)no1. The lowest BCUT2D eigenvalue weighted by Gasteiger charge is -2.32. The normalized spacial score (nSPS) is 18.9. The van der Waals surface area contributed by atoms with Crippen LogP contribution in [0.3, 0.4) is 0 Å². The van der Waals surface area contributed by atoms with E-state index in [4.69, 9.17) is 25.3 Å². The van der Waals surface area contributed by atoms with Crippen molar-refractivity contribution in [3.8, 4) is 0 Å². The molecule has 0 unspecified atom stereocenters. The van der Waals surface area contributed by atoms with Crippen molar-refractivity contribution in [2.75, 3.05) is 19.8 Å². The number of aromatic nitrogens is 2. The van der Waals surface area contributed by atoms with E-state index in [-0.39, 0.29) is 22.8 Å². The minimum Gasteiger partial charge on any atom is -0.440 e. The monoisotopic (exact) mass is 325 g/mol. The number of nitrogens with zero attached hydrogens (tertiary/aromatic N) is 3.